The molecular weight excluding hydrogens is 338 g/mol. The van der Waals surface area contributed by atoms with Crippen molar-refractivity contribution in [3.63, 3.8) is 0 Å². The number of hydrogen-bond acceptors (Lipinski definition) is 1. The van der Waals surface area contributed by atoms with E-state index in [0.717, 1.165) is 0 Å². The van der Waals surface area contributed by atoms with Crippen molar-refractivity contribution in [1.29, 1.82) is 0 Å². The molecule has 0 amide bonds. The summed E-state index contributed by atoms with van der Waals surface area (Å²) in [6, 6.07) is 10.9. The van der Waals surface area contributed by atoms with E-state index in [0.29, 0.717) is 5.92 Å². The standard InChI is InChI=1S/C27H49N/c1-25(27(2,3)28)21-17-14-12-10-8-6-4-5-7-9-11-13-15-18-22-26-23-19-16-20-24-26/h16,19-20,23-25H,4-15,17-18,21-22,28H2,1-3H3. The van der Waals surface area contributed by atoms with Gasteiger partial charge in [0.2, 0.25) is 0 Å². The van der Waals surface area contributed by atoms with Crippen LogP contribution in [-0.4, -0.2) is 5.54 Å². The van der Waals surface area contributed by atoms with Gasteiger partial charge in [0.15, 0.2) is 0 Å². The first-order valence-corrected chi connectivity index (χ1v) is 12.3. The predicted molar refractivity (Wildman–Crippen MR) is 127 cm³/mol. The molecule has 0 saturated heterocycles. The Labute approximate surface area is 176 Å². The van der Waals surface area contributed by atoms with Crippen molar-refractivity contribution in [2.24, 2.45) is 11.7 Å². The van der Waals surface area contributed by atoms with Crippen LogP contribution in [0.4, 0.5) is 0 Å². The normalized spacial score (nSPS) is 13.0. The Balaban J connectivity index is 1.74. The number of rotatable bonds is 18. The van der Waals surface area contributed by atoms with Crippen molar-refractivity contribution in [3.8, 4) is 0 Å². The maximum atomic E-state index is 6.16. The molecule has 28 heavy (non-hydrogen) atoms. The van der Waals surface area contributed by atoms with Crippen LogP contribution in [0.3, 0.4) is 0 Å². The Morgan fingerprint density at radius 2 is 1.04 bits per heavy atom. The molecule has 0 spiro atoms. The van der Waals surface area contributed by atoms with Gasteiger partial charge in [0.25, 0.3) is 0 Å². The zero-order valence-electron chi connectivity index (χ0n) is 19.4. The number of unbranched alkanes of at least 4 members (excludes halogenated alkanes) is 13. The monoisotopic (exact) mass is 387 g/mol. The van der Waals surface area contributed by atoms with Gasteiger partial charge < -0.3 is 5.73 Å². The van der Waals surface area contributed by atoms with E-state index in [1.807, 2.05) is 0 Å². The smallest absolute Gasteiger partial charge is 0.0123 e. The lowest BCUT2D eigenvalue weighted by atomic mass is 9.86. The van der Waals surface area contributed by atoms with Gasteiger partial charge in [-0.2, -0.15) is 0 Å². The topological polar surface area (TPSA) is 26.0 Å². The van der Waals surface area contributed by atoms with Crippen LogP contribution in [0, 0.1) is 5.92 Å². The highest BCUT2D eigenvalue weighted by molar-refractivity contribution is 5.14. The van der Waals surface area contributed by atoms with E-state index in [4.69, 9.17) is 5.73 Å². The third-order valence-electron chi connectivity index (χ3n) is 6.47. The third kappa shape index (κ3) is 14.2. The van der Waals surface area contributed by atoms with Crippen LogP contribution < -0.4 is 5.73 Å². The van der Waals surface area contributed by atoms with Gasteiger partial charge in [0, 0.05) is 5.54 Å². The molecule has 0 saturated carbocycles. The summed E-state index contributed by atoms with van der Waals surface area (Å²) in [7, 11) is 0. The Morgan fingerprint density at radius 1 is 0.643 bits per heavy atom. The molecule has 1 heteroatoms. The van der Waals surface area contributed by atoms with Gasteiger partial charge in [-0.25, -0.2) is 0 Å². The lowest BCUT2D eigenvalue weighted by Crippen LogP contribution is -2.39. The van der Waals surface area contributed by atoms with Crippen molar-refractivity contribution >= 4 is 0 Å². The van der Waals surface area contributed by atoms with Crippen LogP contribution in [-0.2, 0) is 6.42 Å². The van der Waals surface area contributed by atoms with Crippen LogP contribution in [0.1, 0.15) is 123 Å². The molecule has 0 heterocycles. The molecule has 162 valence electrons. The van der Waals surface area contributed by atoms with Gasteiger partial charge in [-0.05, 0) is 44.6 Å². The fourth-order valence-electron chi connectivity index (χ4n) is 3.92. The summed E-state index contributed by atoms with van der Waals surface area (Å²) in [5.74, 6) is 0.636. The second-order valence-electron chi connectivity index (χ2n) is 9.70. The second-order valence-corrected chi connectivity index (χ2v) is 9.70. The van der Waals surface area contributed by atoms with Gasteiger partial charge in [0.1, 0.15) is 0 Å². The maximum absolute atomic E-state index is 6.16. The zero-order valence-corrected chi connectivity index (χ0v) is 19.4. The average molecular weight is 388 g/mol. The number of aryl methyl sites for hydroxylation is 1. The molecule has 0 radical (unpaired) electrons. The molecule has 1 aromatic rings. The van der Waals surface area contributed by atoms with Crippen molar-refractivity contribution in [1.82, 2.24) is 0 Å². The highest BCUT2D eigenvalue weighted by Crippen LogP contribution is 2.20. The number of benzene rings is 1. The van der Waals surface area contributed by atoms with Gasteiger partial charge >= 0.3 is 0 Å². The van der Waals surface area contributed by atoms with Gasteiger partial charge in [-0.1, -0.05) is 121 Å². The van der Waals surface area contributed by atoms with E-state index < -0.39 is 0 Å². The molecule has 1 rings (SSSR count). The third-order valence-corrected chi connectivity index (χ3v) is 6.47. The summed E-state index contributed by atoms with van der Waals surface area (Å²) in [6.45, 7) is 6.61. The molecule has 2 N–H and O–H groups in total. The fraction of sp³-hybridized carbons (Fsp3) is 0.778. The largest absolute Gasteiger partial charge is 0.325 e. The van der Waals surface area contributed by atoms with E-state index in [1.54, 1.807) is 0 Å². The summed E-state index contributed by atoms with van der Waals surface area (Å²) in [6.07, 6.45) is 22.4. The minimum Gasteiger partial charge on any atom is -0.325 e. The predicted octanol–water partition coefficient (Wildman–Crippen LogP) is 8.45. The van der Waals surface area contributed by atoms with E-state index >= 15 is 0 Å². The van der Waals surface area contributed by atoms with Gasteiger partial charge in [0.05, 0.1) is 0 Å². The van der Waals surface area contributed by atoms with E-state index in [1.165, 1.54) is 108 Å². The van der Waals surface area contributed by atoms with Gasteiger partial charge in [-0.3, -0.25) is 0 Å². The summed E-state index contributed by atoms with van der Waals surface area (Å²) >= 11 is 0. The first-order valence-electron chi connectivity index (χ1n) is 12.3. The molecule has 0 fully saturated rings. The lowest BCUT2D eigenvalue weighted by Gasteiger charge is -2.27. The number of hydrogen-bond donors (Lipinski definition) is 1. The maximum Gasteiger partial charge on any atom is 0.0123 e. The van der Waals surface area contributed by atoms with E-state index in [2.05, 4.69) is 51.1 Å². The van der Waals surface area contributed by atoms with E-state index in [-0.39, 0.29) is 5.54 Å². The molecule has 0 aromatic heterocycles. The highest BCUT2D eigenvalue weighted by atomic mass is 14.7. The lowest BCUT2D eigenvalue weighted by molar-refractivity contribution is 0.316. The first-order chi connectivity index (χ1) is 13.5. The molecule has 0 bridgehead atoms. The van der Waals surface area contributed by atoms with Crippen molar-refractivity contribution in [2.45, 2.75) is 129 Å². The quantitative estimate of drug-likeness (QED) is 0.251. The van der Waals surface area contributed by atoms with Crippen LogP contribution >= 0.6 is 0 Å². The molecule has 1 nitrogen and oxygen atoms in total. The summed E-state index contributed by atoms with van der Waals surface area (Å²) in [4.78, 5) is 0. The van der Waals surface area contributed by atoms with Gasteiger partial charge in [-0.15, -0.1) is 0 Å². The second kappa shape index (κ2) is 16.0. The summed E-state index contributed by atoms with van der Waals surface area (Å²) in [5, 5.41) is 0. The molecule has 1 aromatic carbocycles. The Morgan fingerprint density at radius 3 is 1.46 bits per heavy atom. The highest BCUT2D eigenvalue weighted by Gasteiger charge is 2.19. The summed E-state index contributed by atoms with van der Waals surface area (Å²) < 4.78 is 0. The molecule has 0 aliphatic rings. The first kappa shape index (κ1) is 25.2. The van der Waals surface area contributed by atoms with E-state index in [9.17, 15) is 0 Å². The van der Waals surface area contributed by atoms with Crippen molar-refractivity contribution < 1.29 is 0 Å². The van der Waals surface area contributed by atoms with Crippen molar-refractivity contribution in [2.75, 3.05) is 0 Å². The van der Waals surface area contributed by atoms with Crippen LogP contribution in [0.25, 0.3) is 0 Å². The molecular formula is C27H49N. The van der Waals surface area contributed by atoms with Crippen LogP contribution in [0.15, 0.2) is 30.3 Å². The SMILES string of the molecule is CC(CCCCCCCCCCCCCCCCc1ccccc1)C(C)(C)N. The Kier molecular flexibility index (Phi) is 14.4. The minimum absolute atomic E-state index is 0.0117. The average Bonchev–Trinajstić information content (AvgIpc) is 2.67. The molecule has 0 aliphatic carbocycles. The zero-order chi connectivity index (χ0) is 20.5. The van der Waals surface area contributed by atoms with Crippen molar-refractivity contribution in [3.05, 3.63) is 35.9 Å². The molecule has 1 unspecified atom stereocenters. The summed E-state index contributed by atoms with van der Waals surface area (Å²) in [5.41, 5.74) is 7.65. The fourth-order valence-corrected chi connectivity index (χ4v) is 3.92. The molecule has 0 aliphatic heterocycles. The molecule has 1 atom stereocenters. The number of nitrogens with two attached hydrogens (primary N) is 1. The minimum atomic E-state index is -0.0117. The van der Waals surface area contributed by atoms with Crippen LogP contribution in [0.5, 0.6) is 0 Å². The Bertz CT molecular complexity index is 445. The van der Waals surface area contributed by atoms with Crippen LogP contribution in [0.2, 0.25) is 0 Å². The Hall–Kier alpha value is -0.820.